The molecule has 0 fully saturated rings. The van der Waals surface area contributed by atoms with E-state index in [0.29, 0.717) is 16.7 Å². The van der Waals surface area contributed by atoms with Crippen molar-refractivity contribution in [3.8, 4) is 0 Å². The lowest BCUT2D eigenvalue weighted by Crippen LogP contribution is -2.24. The van der Waals surface area contributed by atoms with E-state index >= 15 is 0 Å². The summed E-state index contributed by atoms with van der Waals surface area (Å²) in [7, 11) is 0. The first-order valence-electron chi connectivity index (χ1n) is 5.67. The first-order valence-corrected chi connectivity index (χ1v) is 5.67. The Morgan fingerprint density at radius 3 is 2.89 bits per heavy atom. The van der Waals surface area contributed by atoms with Gasteiger partial charge in [-0.1, -0.05) is 0 Å². The van der Waals surface area contributed by atoms with E-state index in [1.54, 1.807) is 18.2 Å². The number of H-pyrrole nitrogens is 1. The standard InChI is InChI=1S/C13H11N3O3/c1-7-5-10-9(6-8(7)14)15-13(18)16(10)12(17)11-3-2-4-19-11/h2-6H,14H2,1H3,(H,15,18). The molecule has 0 radical (unpaired) electrons. The third-order valence-corrected chi connectivity index (χ3v) is 3.01. The van der Waals surface area contributed by atoms with E-state index < -0.39 is 11.6 Å². The zero-order valence-corrected chi connectivity index (χ0v) is 10.1. The Kier molecular flexibility index (Phi) is 2.31. The molecule has 0 aliphatic carbocycles. The lowest BCUT2D eigenvalue weighted by molar-refractivity contribution is 0.0933. The number of benzene rings is 1. The van der Waals surface area contributed by atoms with Crippen molar-refractivity contribution in [1.29, 1.82) is 0 Å². The smallest absolute Gasteiger partial charge is 0.333 e. The molecule has 0 saturated heterocycles. The van der Waals surface area contributed by atoms with Crippen LogP contribution < -0.4 is 11.4 Å². The molecule has 6 heteroatoms. The van der Waals surface area contributed by atoms with Gasteiger partial charge in [0.05, 0.1) is 17.3 Å². The minimum absolute atomic E-state index is 0.109. The predicted octanol–water partition coefficient (Wildman–Crippen LogP) is 1.50. The SMILES string of the molecule is Cc1cc2c(cc1N)[nH]c(=O)n2C(=O)c1ccco1. The van der Waals surface area contributed by atoms with E-state index in [2.05, 4.69) is 4.98 Å². The van der Waals surface area contributed by atoms with E-state index in [0.717, 1.165) is 10.1 Å². The van der Waals surface area contributed by atoms with E-state index in [4.69, 9.17) is 10.2 Å². The number of hydrogen-bond donors (Lipinski definition) is 2. The Labute approximate surface area is 107 Å². The molecule has 3 N–H and O–H groups in total. The summed E-state index contributed by atoms with van der Waals surface area (Å²) in [5, 5.41) is 0. The third-order valence-electron chi connectivity index (χ3n) is 3.01. The molecule has 2 heterocycles. The van der Waals surface area contributed by atoms with Crippen LogP contribution in [0.15, 0.2) is 39.7 Å². The van der Waals surface area contributed by atoms with E-state index in [9.17, 15) is 9.59 Å². The van der Waals surface area contributed by atoms with Crippen LogP contribution in [0.3, 0.4) is 0 Å². The summed E-state index contributed by atoms with van der Waals surface area (Å²) in [4.78, 5) is 26.7. The first kappa shape index (κ1) is 11.3. The molecular weight excluding hydrogens is 246 g/mol. The van der Waals surface area contributed by atoms with Gasteiger partial charge in [-0.25, -0.2) is 9.36 Å². The lowest BCUT2D eigenvalue weighted by atomic mass is 10.2. The van der Waals surface area contributed by atoms with Crippen molar-refractivity contribution in [2.24, 2.45) is 0 Å². The number of nitrogens with one attached hydrogen (secondary N) is 1. The number of fused-ring (bicyclic) bond motifs is 1. The summed E-state index contributed by atoms with van der Waals surface area (Å²) in [6, 6.07) is 6.44. The first-order chi connectivity index (χ1) is 9.08. The molecule has 0 unspecified atom stereocenters. The maximum Gasteiger partial charge on any atom is 0.333 e. The van der Waals surface area contributed by atoms with Gasteiger partial charge < -0.3 is 15.1 Å². The number of anilines is 1. The third kappa shape index (κ3) is 1.65. The number of furan rings is 1. The predicted molar refractivity (Wildman–Crippen MR) is 70.1 cm³/mol. The highest BCUT2D eigenvalue weighted by Gasteiger charge is 2.18. The molecule has 3 aromatic rings. The molecule has 0 spiro atoms. The summed E-state index contributed by atoms with van der Waals surface area (Å²) in [6.07, 6.45) is 1.39. The molecule has 3 rings (SSSR count). The van der Waals surface area contributed by atoms with Crippen LogP contribution in [0.1, 0.15) is 16.1 Å². The number of aromatic nitrogens is 2. The van der Waals surface area contributed by atoms with Gasteiger partial charge in [-0.05, 0) is 36.8 Å². The van der Waals surface area contributed by atoms with Crippen LogP contribution in [0.25, 0.3) is 11.0 Å². The maximum atomic E-state index is 12.2. The number of aryl methyl sites for hydroxylation is 1. The van der Waals surface area contributed by atoms with E-state index in [1.807, 2.05) is 6.92 Å². The number of rotatable bonds is 1. The second-order valence-corrected chi connectivity index (χ2v) is 4.27. The van der Waals surface area contributed by atoms with E-state index in [-0.39, 0.29) is 5.76 Å². The van der Waals surface area contributed by atoms with Crippen molar-refractivity contribution in [2.45, 2.75) is 6.92 Å². The molecular formula is C13H11N3O3. The Balaban J connectivity index is 2.29. The van der Waals surface area contributed by atoms with Crippen LogP contribution in [-0.4, -0.2) is 15.5 Å². The summed E-state index contributed by atoms with van der Waals surface area (Å²) in [5.74, 6) is -0.400. The van der Waals surface area contributed by atoms with Crippen LogP contribution in [-0.2, 0) is 0 Å². The highest BCUT2D eigenvalue weighted by atomic mass is 16.3. The van der Waals surface area contributed by atoms with Gasteiger partial charge in [0.25, 0.3) is 0 Å². The monoisotopic (exact) mass is 257 g/mol. The number of nitrogens with two attached hydrogens (primary N) is 1. The minimum atomic E-state index is -0.513. The molecule has 96 valence electrons. The Bertz CT molecular complexity index is 825. The number of nitrogens with zero attached hydrogens (tertiary/aromatic N) is 1. The van der Waals surface area contributed by atoms with Gasteiger partial charge in [0.15, 0.2) is 5.76 Å². The van der Waals surface area contributed by atoms with Crippen molar-refractivity contribution in [3.05, 3.63) is 52.3 Å². The van der Waals surface area contributed by atoms with Crippen LogP contribution in [0.2, 0.25) is 0 Å². The molecule has 0 aliphatic rings. The molecule has 0 aliphatic heterocycles. The van der Waals surface area contributed by atoms with Gasteiger partial charge in [0.2, 0.25) is 0 Å². The highest BCUT2D eigenvalue weighted by Crippen LogP contribution is 2.19. The van der Waals surface area contributed by atoms with Gasteiger partial charge in [0, 0.05) is 5.69 Å². The van der Waals surface area contributed by atoms with Gasteiger partial charge in [-0.2, -0.15) is 0 Å². The normalized spacial score (nSPS) is 11.0. The van der Waals surface area contributed by atoms with Crippen molar-refractivity contribution in [1.82, 2.24) is 9.55 Å². The number of carbonyl (C=O) groups excluding carboxylic acids is 1. The zero-order chi connectivity index (χ0) is 13.6. The fraction of sp³-hybridized carbons (Fsp3) is 0.0769. The molecule has 0 saturated carbocycles. The number of imidazole rings is 1. The second-order valence-electron chi connectivity index (χ2n) is 4.27. The van der Waals surface area contributed by atoms with Gasteiger partial charge in [-0.15, -0.1) is 0 Å². The lowest BCUT2D eigenvalue weighted by Gasteiger charge is -2.02. The molecule has 0 amide bonds. The van der Waals surface area contributed by atoms with Gasteiger partial charge in [-0.3, -0.25) is 4.79 Å². The topological polar surface area (TPSA) is 94.0 Å². The molecule has 2 aromatic heterocycles. The quantitative estimate of drug-likeness (QED) is 0.646. The number of nitrogen functional groups attached to an aromatic ring is 1. The average molecular weight is 257 g/mol. The highest BCUT2D eigenvalue weighted by molar-refractivity contribution is 5.99. The Hall–Kier alpha value is -2.76. The summed E-state index contributed by atoms with van der Waals surface area (Å²) < 4.78 is 6.07. The number of aromatic amines is 1. The van der Waals surface area contributed by atoms with Crippen molar-refractivity contribution < 1.29 is 9.21 Å². The average Bonchev–Trinajstić information content (AvgIpc) is 2.97. The Morgan fingerprint density at radius 1 is 1.42 bits per heavy atom. The van der Waals surface area contributed by atoms with Gasteiger partial charge >= 0.3 is 11.6 Å². The van der Waals surface area contributed by atoms with Gasteiger partial charge in [0.1, 0.15) is 0 Å². The minimum Gasteiger partial charge on any atom is -0.459 e. The molecule has 1 aromatic carbocycles. The van der Waals surface area contributed by atoms with Crippen LogP contribution in [0.5, 0.6) is 0 Å². The summed E-state index contributed by atoms with van der Waals surface area (Å²) in [6.45, 7) is 1.81. The largest absolute Gasteiger partial charge is 0.459 e. The fourth-order valence-corrected chi connectivity index (χ4v) is 1.99. The zero-order valence-electron chi connectivity index (χ0n) is 10.1. The molecule has 0 atom stereocenters. The van der Waals surface area contributed by atoms with Crippen molar-refractivity contribution in [3.63, 3.8) is 0 Å². The fourth-order valence-electron chi connectivity index (χ4n) is 1.99. The Morgan fingerprint density at radius 2 is 2.21 bits per heavy atom. The number of hydrogen-bond acceptors (Lipinski definition) is 4. The molecule has 6 nitrogen and oxygen atoms in total. The van der Waals surface area contributed by atoms with Crippen LogP contribution >= 0.6 is 0 Å². The van der Waals surface area contributed by atoms with E-state index in [1.165, 1.54) is 12.3 Å². The summed E-state index contributed by atoms with van der Waals surface area (Å²) in [5.41, 5.74) is 7.63. The second kappa shape index (κ2) is 3.88. The maximum absolute atomic E-state index is 12.2. The van der Waals surface area contributed by atoms with Crippen LogP contribution in [0, 0.1) is 6.92 Å². The summed E-state index contributed by atoms with van der Waals surface area (Å²) >= 11 is 0. The van der Waals surface area contributed by atoms with Crippen molar-refractivity contribution >= 4 is 22.6 Å². The molecule has 19 heavy (non-hydrogen) atoms. The van der Waals surface area contributed by atoms with Crippen LogP contribution in [0.4, 0.5) is 5.69 Å². The molecule has 0 bridgehead atoms. The number of carbonyl (C=O) groups is 1. The van der Waals surface area contributed by atoms with Crippen molar-refractivity contribution in [2.75, 3.05) is 5.73 Å².